The minimum absolute atomic E-state index is 0.0781. The van der Waals surface area contributed by atoms with Crippen molar-refractivity contribution in [1.82, 2.24) is 14.5 Å². The number of aromatic nitrogens is 3. The highest BCUT2D eigenvalue weighted by atomic mass is 16.6. The van der Waals surface area contributed by atoms with Crippen LogP contribution in [0.3, 0.4) is 0 Å². The molecule has 20 heavy (non-hydrogen) atoms. The number of nitrogens with one attached hydrogen (secondary N) is 1. The highest BCUT2D eigenvalue weighted by Gasteiger charge is 2.16. The maximum absolute atomic E-state index is 10.9. The summed E-state index contributed by atoms with van der Waals surface area (Å²) in [5.74, 6) is 1.42. The summed E-state index contributed by atoms with van der Waals surface area (Å²) in [5, 5.41) is 13.9. The monoisotopic (exact) mass is 277 g/mol. The maximum Gasteiger partial charge on any atom is 0.311 e. The normalized spacial score (nSPS) is 10.3. The Balaban J connectivity index is 2.07. The van der Waals surface area contributed by atoms with Crippen LogP contribution in [0.4, 0.5) is 11.5 Å². The number of ether oxygens (including phenoxy) is 1. The van der Waals surface area contributed by atoms with E-state index in [1.165, 1.54) is 19.2 Å². The predicted molar refractivity (Wildman–Crippen MR) is 72.8 cm³/mol. The van der Waals surface area contributed by atoms with Gasteiger partial charge >= 0.3 is 5.69 Å². The van der Waals surface area contributed by atoms with Crippen LogP contribution in [0.1, 0.15) is 5.82 Å². The van der Waals surface area contributed by atoms with Gasteiger partial charge in [-0.25, -0.2) is 4.98 Å². The van der Waals surface area contributed by atoms with Crippen molar-refractivity contribution in [2.24, 2.45) is 7.05 Å². The van der Waals surface area contributed by atoms with Gasteiger partial charge in [0.15, 0.2) is 0 Å². The summed E-state index contributed by atoms with van der Waals surface area (Å²) in [5.41, 5.74) is -0.0781. The summed E-state index contributed by atoms with van der Waals surface area (Å²) in [7, 11) is 3.36. The van der Waals surface area contributed by atoms with Crippen LogP contribution < -0.4 is 10.1 Å². The van der Waals surface area contributed by atoms with Crippen molar-refractivity contribution in [3.05, 3.63) is 40.5 Å². The number of nitro groups is 1. The van der Waals surface area contributed by atoms with Crippen molar-refractivity contribution < 1.29 is 9.66 Å². The maximum atomic E-state index is 10.9. The van der Waals surface area contributed by atoms with Crippen molar-refractivity contribution in [2.45, 2.75) is 6.42 Å². The molecule has 8 nitrogen and oxygen atoms in total. The predicted octanol–water partition coefficient (Wildman–Crippen LogP) is 1.39. The van der Waals surface area contributed by atoms with E-state index in [1.54, 1.807) is 6.20 Å². The molecule has 2 aromatic heterocycles. The lowest BCUT2D eigenvalue weighted by atomic mass is 10.3. The second-order valence-corrected chi connectivity index (χ2v) is 4.11. The Morgan fingerprint density at radius 1 is 1.50 bits per heavy atom. The number of methoxy groups -OCH3 is 1. The molecule has 0 aliphatic carbocycles. The van der Waals surface area contributed by atoms with Crippen LogP contribution in [0.2, 0.25) is 0 Å². The number of anilines is 1. The van der Waals surface area contributed by atoms with Gasteiger partial charge in [0.2, 0.25) is 11.7 Å². The molecule has 0 fully saturated rings. The van der Waals surface area contributed by atoms with Crippen molar-refractivity contribution in [3.63, 3.8) is 0 Å². The van der Waals surface area contributed by atoms with Gasteiger partial charge in [0, 0.05) is 44.5 Å². The van der Waals surface area contributed by atoms with Gasteiger partial charge in [0.25, 0.3) is 0 Å². The Bertz CT molecular complexity index is 611. The molecule has 2 aromatic rings. The zero-order valence-corrected chi connectivity index (χ0v) is 11.2. The molecule has 106 valence electrons. The van der Waals surface area contributed by atoms with E-state index in [1.807, 2.05) is 17.8 Å². The summed E-state index contributed by atoms with van der Waals surface area (Å²) in [6, 6.07) is 2.83. The quantitative estimate of drug-likeness (QED) is 0.633. The number of nitrogens with zero attached hydrogens (tertiary/aromatic N) is 4. The lowest BCUT2D eigenvalue weighted by Gasteiger charge is -2.07. The molecule has 0 aliphatic rings. The molecule has 2 rings (SSSR count). The number of aryl methyl sites for hydroxylation is 1. The third-order valence-electron chi connectivity index (χ3n) is 2.82. The molecule has 2 heterocycles. The average Bonchev–Trinajstić information content (AvgIpc) is 2.84. The van der Waals surface area contributed by atoms with Gasteiger partial charge in [-0.1, -0.05) is 0 Å². The number of hydrogen-bond donors (Lipinski definition) is 1. The van der Waals surface area contributed by atoms with Gasteiger partial charge in [-0.15, -0.1) is 0 Å². The van der Waals surface area contributed by atoms with Gasteiger partial charge in [0.1, 0.15) is 5.82 Å². The Labute approximate surface area is 115 Å². The van der Waals surface area contributed by atoms with Crippen LogP contribution in [-0.4, -0.2) is 33.1 Å². The molecule has 0 unspecified atom stereocenters. The summed E-state index contributed by atoms with van der Waals surface area (Å²) in [6.07, 6.45) is 4.20. The van der Waals surface area contributed by atoms with Crippen LogP contribution in [0, 0.1) is 10.1 Å². The van der Waals surface area contributed by atoms with Crippen molar-refractivity contribution in [2.75, 3.05) is 19.0 Å². The van der Waals surface area contributed by atoms with E-state index < -0.39 is 4.92 Å². The van der Waals surface area contributed by atoms with Crippen LogP contribution in [-0.2, 0) is 13.5 Å². The minimum atomic E-state index is -0.477. The fourth-order valence-electron chi connectivity index (χ4n) is 1.76. The van der Waals surface area contributed by atoms with Crippen LogP contribution in [0.25, 0.3) is 0 Å². The van der Waals surface area contributed by atoms with E-state index in [9.17, 15) is 10.1 Å². The first-order chi connectivity index (χ1) is 9.61. The Morgan fingerprint density at radius 2 is 2.30 bits per heavy atom. The summed E-state index contributed by atoms with van der Waals surface area (Å²) in [4.78, 5) is 18.7. The molecule has 1 N–H and O–H groups in total. The SMILES string of the molecule is COc1ccc([N+](=O)[O-])c(NCCc2nccn2C)n1. The lowest BCUT2D eigenvalue weighted by Crippen LogP contribution is -2.11. The summed E-state index contributed by atoms with van der Waals surface area (Å²) < 4.78 is 6.87. The number of hydrogen-bond acceptors (Lipinski definition) is 6. The second-order valence-electron chi connectivity index (χ2n) is 4.11. The van der Waals surface area contributed by atoms with Crippen LogP contribution in [0.5, 0.6) is 5.88 Å². The van der Waals surface area contributed by atoms with E-state index in [2.05, 4.69) is 15.3 Å². The molecule has 0 spiro atoms. The number of imidazole rings is 1. The molecule has 0 amide bonds. The minimum Gasteiger partial charge on any atom is -0.481 e. The van der Waals surface area contributed by atoms with Crippen molar-refractivity contribution in [3.8, 4) is 5.88 Å². The largest absolute Gasteiger partial charge is 0.481 e. The summed E-state index contributed by atoms with van der Waals surface area (Å²) in [6.45, 7) is 0.492. The average molecular weight is 277 g/mol. The van der Waals surface area contributed by atoms with E-state index in [-0.39, 0.29) is 11.5 Å². The molecule has 0 saturated heterocycles. The first-order valence-electron chi connectivity index (χ1n) is 6.01. The third-order valence-corrected chi connectivity index (χ3v) is 2.82. The first-order valence-corrected chi connectivity index (χ1v) is 6.01. The fourth-order valence-corrected chi connectivity index (χ4v) is 1.76. The molecule has 0 saturated carbocycles. The zero-order valence-electron chi connectivity index (χ0n) is 11.2. The molecular weight excluding hydrogens is 262 g/mol. The molecule has 0 atom stereocenters. The highest BCUT2D eigenvalue weighted by Crippen LogP contribution is 2.24. The standard InChI is InChI=1S/C12H15N5O3/c1-16-8-7-13-10(16)5-6-14-12-9(17(18)19)3-4-11(15-12)20-2/h3-4,7-8H,5-6H2,1-2H3,(H,14,15). The Morgan fingerprint density at radius 3 is 2.90 bits per heavy atom. The van der Waals surface area contributed by atoms with E-state index >= 15 is 0 Å². The highest BCUT2D eigenvalue weighted by molar-refractivity contribution is 5.57. The molecule has 8 heteroatoms. The molecular formula is C12H15N5O3. The molecule has 0 bridgehead atoms. The van der Waals surface area contributed by atoms with E-state index in [0.717, 1.165) is 5.82 Å². The smallest absolute Gasteiger partial charge is 0.311 e. The van der Waals surface area contributed by atoms with E-state index in [0.29, 0.717) is 18.8 Å². The zero-order chi connectivity index (χ0) is 14.5. The number of rotatable bonds is 6. The van der Waals surface area contributed by atoms with E-state index in [4.69, 9.17) is 4.74 Å². The lowest BCUT2D eigenvalue weighted by molar-refractivity contribution is -0.384. The van der Waals surface area contributed by atoms with Gasteiger partial charge in [0.05, 0.1) is 12.0 Å². The van der Waals surface area contributed by atoms with Crippen LogP contribution >= 0.6 is 0 Å². The number of pyridine rings is 1. The second kappa shape index (κ2) is 6.00. The summed E-state index contributed by atoms with van der Waals surface area (Å²) >= 11 is 0. The van der Waals surface area contributed by atoms with Gasteiger partial charge in [-0.3, -0.25) is 10.1 Å². The molecule has 0 radical (unpaired) electrons. The van der Waals surface area contributed by atoms with Crippen molar-refractivity contribution in [1.29, 1.82) is 0 Å². The Hall–Kier alpha value is -2.64. The van der Waals surface area contributed by atoms with Gasteiger partial charge < -0.3 is 14.6 Å². The van der Waals surface area contributed by atoms with Crippen molar-refractivity contribution >= 4 is 11.5 Å². The Kier molecular flexibility index (Phi) is 4.14. The third kappa shape index (κ3) is 3.02. The molecule has 0 aliphatic heterocycles. The molecule has 0 aromatic carbocycles. The topological polar surface area (TPSA) is 95.1 Å². The van der Waals surface area contributed by atoms with Gasteiger partial charge in [-0.2, -0.15) is 4.98 Å². The van der Waals surface area contributed by atoms with Gasteiger partial charge in [-0.05, 0) is 0 Å². The first kappa shape index (κ1) is 13.8. The fraction of sp³-hybridized carbons (Fsp3) is 0.333. The van der Waals surface area contributed by atoms with Crippen LogP contribution in [0.15, 0.2) is 24.5 Å².